The van der Waals surface area contributed by atoms with Gasteiger partial charge in [-0.3, -0.25) is 0 Å². The third kappa shape index (κ3) is 1.55. The van der Waals surface area contributed by atoms with Crippen molar-refractivity contribution in [1.82, 2.24) is 4.98 Å². The van der Waals surface area contributed by atoms with Crippen molar-refractivity contribution < 1.29 is 4.42 Å². The van der Waals surface area contributed by atoms with Gasteiger partial charge in [-0.15, -0.1) is 0 Å². The number of nitrogens with zero attached hydrogens (tertiary/aromatic N) is 1. The van der Waals surface area contributed by atoms with Crippen LogP contribution in [0.15, 0.2) is 9.22 Å². The summed E-state index contributed by atoms with van der Waals surface area (Å²) in [7, 11) is 0. The van der Waals surface area contributed by atoms with E-state index in [2.05, 4.69) is 20.9 Å². The molecule has 0 saturated carbocycles. The van der Waals surface area contributed by atoms with Gasteiger partial charge in [0.1, 0.15) is 5.76 Å². The molecule has 0 aliphatic carbocycles. The van der Waals surface area contributed by atoms with E-state index in [-0.39, 0.29) is 0 Å². The van der Waals surface area contributed by atoms with Crippen molar-refractivity contribution in [2.45, 2.75) is 25.0 Å². The Bertz CT molecular complexity index is 281. The van der Waals surface area contributed by atoms with E-state index in [4.69, 9.17) is 4.42 Å². The molecule has 0 spiro atoms. The van der Waals surface area contributed by atoms with Crippen LogP contribution >= 0.6 is 27.7 Å². The van der Waals surface area contributed by atoms with Crippen LogP contribution in [0, 0.1) is 6.92 Å². The Kier molecular flexibility index (Phi) is 2.46. The molecule has 0 aromatic carbocycles. The molecule has 1 fully saturated rings. The topological polar surface area (TPSA) is 26.0 Å². The number of hydrogen-bond donors (Lipinski definition) is 0. The molecule has 2 nitrogen and oxygen atoms in total. The van der Waals surface area contributed by atoms with Crippen LogP contribution in [0.5, 0.6) is 0 Å². The van der Waals surface area contributed by atoms with E-state index in [0.29, 0.717) is 10.0 Å². The fraction of sp³-hybridized carbons (Fsp3) is 0.625. The van der Waals surface area contributed by atoms with Gasteiger partial charge in [0.15, 0.2) is 0 Å². The van der Waals surface area contributed by atoms with E-state index < -0.39 is 0 Å². The molecule has 0 bridgehead atoms. The first kappa shape index (κ1) is 8.63. The van der Waals surface area contributed by atoms with Crippen LogP contribution in [0.4, 0.5) is 0 Å². The van der Waals surface area contributed by atoms with Crippen molar-refractivity contribution in [3.63, 3.8) is 0 Å². The van der Waals surface area contributed by atoms with Gasteiger partial charge in [-0.2, -0.15) is 11.8 Å². The van der Waals surface area contributed by atoms with Gasteiger partial charge in [-0.25, -0.2) is 4.98 Å². The van der Waals surface area contributed by atoms with Gasteiger partial charge in [0.05, 0.1) is 10.9 Å². The first-order valence-corrected chi connectivity index (χ1v) is 5.86. The molecule has 1 aliphatic heterocycles. The van der Waals surface area contributed by atoms with Gasteiger partial charge >= 0.3 is 0 Å². The van der Waals surface area contributed by atoms with Crippen molar-refractivity contribution in [3.05, 3.63) is 16.3 Å². The maximum atomic E-state index is 5.32. The van der Waals surface area contributed by atoms with E-state index >= 15 is 0 Å². The Morgan fingerprint density at radius 3 is 3.00 bits per heavy atom. The van der Waals surface area contributed by atoms with Gasteiger partial charge in [0, 0.05) is 15.9 Å². The summed E-state index contributed by atoms with van der Waals surface area (Å²) in [6.07, 6.45) is 2.55. The Morgan fingerprint density at radius 1 is 1.67 bits per heavy atom. The summed E-state index contributed by atoms with van der Waals surface area (Å²) >= 11 is 5.22. The lowest BCUT2D eigenvalue weighted by molar-refractivity contribution is 0.498. The Morgan fingerprint density at radius 2 is 2.50 bits per heavy atom. The molecule has 1 aromatic heterocycles. The van der Waals surface area contributed by atoms with Crippen LogP contribution in [0.2, 0.25) is 0 Å². The lowest BCUT2D eigenvalue weighted by Crippen LogP contribution is -1.90. The van der Waals surface area contributed by atoms with Crippen molar-refractivity contribution in [2.24, 2.45) is 0 Å². The quantitative estimate of drug-likeness (QED) is 0.762. The fourth-order valence-corrected chi connectivity index (χ4v) is 3.23. The third-order valence-corrected chi connectivity index (χ3v) is 3.77. The summed E-state index contributed by atoms with van der Waals surface area (Å²) in [5.74, 6) is 2.22. The molecule has 66 valence electrons. The van der Waals surface area contributed by atoms with Crippen LogP contribution in [0.3, 0.4) is 0 Å². The standard InChI is InChI=1S/C8H10BrNOS/c1-5-7(10-8(9)11-5)6-3-2-4-12-6/h6H,2-4H2,1H3. The third-order valence-electron chi connectivity index (χ3n) is 2.04. The lowest BCUT2D eigenvalue weighted by Gasteiger charge is -2.03. The molecule has 1 saturated heterocycles. The minimum Gasteiger partial charge on any atom is -0.436 e. The normalized spacial score (nSPS) is 23.3. The van der Waals surface area contributed by atoms with Crippen LogP contribution in [0.1, 0.15) is 29.5 Å². The summed E-state index contributed by atoms with van der Waals surface area (Å²) in [5, 5.41) is 0.569. The average molecular weight is 248 g/mol. The number of aryl methyl sites for hydroxylation is 1. The van der Waals surface area contributed by atoms with Crippen molar-refractivity contribution >= 4 is 27.7 Å². The van der Waals surface area contributed by atoms with Gasteiger partial charge in [0.25, 0.3) is 4.80 Å². The summed E-state index contributed by atoms with van der Waals surface area (Å²) in [4.78, 5) is 4.93. The van der Waals surface area contributed by atoms with Gasteiger partial charge in [0.2, 0.25) is 0 Å². The van der Waals surface area contributed by atoms with Crippen molar-refractivity contribution in [2.75, 3.05) is 5.75 Å². The van der Waals surface area contributed by atoms with Gasteiger partial charge in [-0.1, -0.05) is 0 Å². The number of halogens is 1. The molecule has 1 aromatic rings. The zero-order valence-electron chi connectivity index (χ0n) is 6.84. The van der Waals surface area contributed by atoms with E-state index in [1.54, 1.807) is 0 Å². The van der Waals surface area contributed by atoms with Crippen LogP contribution in [0.25, 0.3) is 0 Å². The highest BCUT2D eigenvalue weighted by Gasteiger charge is 2.23. The molecule has 1 unspecified atom stereocenters. The number of thioether (sulfide) groups is 1. The lowest BCUT2D eigenvalue weighted by atomic mass is 10.2. The number of rotatable bonds is 1. The smallest absolute Gasteiger partial charge is 0.264 e. The maximum absolute atomic E-state index is 5.32. The molecule has 4 heteroatoms. The monoisotopic (exact) mass is 247 g/mol. The highest BCUT2D eigenvalue weighted by atomic mass is 79.9. The fourth-order valence-electron chi connectivity index (χ4n) is 1.47. The summed E-state index contributed by atoms with van der Waals surface area (Å²) < 4.78 is 5.32. The molecular formula is C8H10BrNOS. The second-order valence-electron chi connectivity index (χ2n) is 2.91. The van der Waals surface area contributed by atoms with E-state index in [0.717, 1.165) is 11.5 Å². The second-order valence-corrected chi connectivity index (χ2v) is 4.90. The van der Waals surface area contributed by atoms with Crippen molar-refractivity contribution in [3.8, 4) is 0 Å². The van der Waals surface area contributed by atoms with Crippen LogP contribution in [-0.4, -0.2) is 10.7 Å². The van der Waals surface area contributed by atoms with Crippen LogP contribution in [-0.2, 0) is 0 Å². The van der Waals surface area contributed by atoms with Gasteiger partial charge < -0.3 is 4.42 Å². The number of aromatic nitrogens is 1. The molecule has 12 heavy (non-hydrogen) atoms. The van der Waals surface area contributed by atoms with Crippen LogP contribution < -0.4 is 0 Å². The van der Waals surface area contributed by atoms with Crippen molar-refractivity contribution in [1.29, 1.82) is 0 Å². The van der Waals surface area contributed by atoms with Gasteiger partial charge in [-0.05, 0) is 25.5 Å². The highest BCUT2D eigenvalue weighted by molar-refractivity contribution is 9.10. The predicted molar refractivity (Wildman–Crippen MR) is 53.4 cm³/mol. The zero-order valence-corrected chi connectivity index (χ0v) is 9.24. The van der Waals surface area contributed by atoms with E-state index in [9.17, 15) is 0 Å². The average Bonchev–Trinajstić information content (AvgIpc) is 2.58. The first-order chi connectivity index (χ1) is 5.77. The van der Waals surface area contributed by atoms with E-state index in [1.807, 2.05) is 18.7 Å². The summed E-state index contributed by atoms with van der Waals surface area (Å²) in [5.41, 5.74) is 1.13. The maximum Gasteiger partial charge on any atom is 0.264 e. The highest BCUT2D eigenvalue weighted by Crippen LogP contribution is 2.41. The SMILES string of the molecule is Cc1oc(Br)nc1C1CCCS1. The second kappa shape index (κ2) is 3.42. The summed E-state index contributed by atoms with van der Waals surface area (Å²) in [6, 6.07) is 0. The Labute approximate surface area is 84.3 Å². The predicted octanol–water partition coefficient (Wildman–Crippen LogP) is 3.31. The Hall–Kier alpha value is 0.0400. The number of oxazole rings is 1. The molecule has 1 aliphatic rings. The minimum absolute atomic E-state index is 0.569. The molecule has 1 atom stereocenters. The largest absolute Gasteiger partial charge is 0.436 e. The molecule has 0 amide bonds. The molecule has 2 rings (SSSR count). The Balaban J connectivity index is 2.25. The first-order valence-electron chi connectivity index (χ1n) is 4.02. The number of hydrogen-bond acceptors (Lipinski definition) is 3. The minimum atomic E-state index is 0.569. The zero-order chi connectivity index (χ0) is 8.55. The molecular weight excluding hydrogens is 238 g/mol. The molecule has 0 radical (unpaired) electrons. The van der Waals surface area contributed by atoms with E-state index in [1.165, 1.54) is 18.6 Å². The summed E-state index contributed by atoms with van der Waals surface area (Å²) in [6.45, 7) is 1.98. The molecule has 2 heterocycles. The molecule has 0 N–H and O–H groups in total.